The van der Waals surface area contributed by atoms with Crippen LogP contribution in [-0.2, 0) is 9.53 Å². The van der Waals surface area contributed by atoms with E-state index in [2.05, 4.69) is 0 Å². The van der Waals surface area contributed by atoms with Crippen LogP contribution in [0.15, 0.2) is 18.2 Å². The summed E-state index contributed by atoms with van der Waals surface area (Å²) in [5.41, 5.74) is 0.0262. The lowest BCUT2D eigenvalue weighted by molar-refractivity contribution is -0.150. The van der Waals surface area contributed by atoms with E-state index >= 15 is 0 Å². The van der Waals surface area contributed by atoms with Crippen LogP contribution in [0.2, 0.25) is 0 Å². The second-order valence-corrected chi connectivity index (χ2v) is 7.46. The van der Waals surface area contributed by atoms with Crippen LogP contribution in [0, 0.1) is 12.7 Å². The zero-order valence-electron chi connectivity index (χ0n) is 16.0. The Morgan fingerprint density at radius 2 is 2.12 bits per heavy atom. The highest BCUT2D eigenvalue weighted by molar-refractivity contribution is 5.81. The number of aliphatic hydroxyl groups is 1. The molecule has 144 valence electrons. The first-order valence-corrected chi connectivity index (χ1v) is 8.82. The van der Waals surface area contributed by atoms with E-state index in [1.165, 1.54) is 16.1 Å². The van der Waals surface area contributed by atoms with Gasteiger partial charge in [0, 0.05) is 18.5 Å². The normalized spacial score (nSPS) is 18.8. The minimum Gasteiger partial charge on any atom is -0.442 e. The maximum absolute atomic E-state index is 14.3. The molecule has 1 aliphatic rings. The van der Waals surface area contributed by atoms with Crippen LogP contribution in [0.1, 0.15) is 57.8 Å². The third kappa shape index (κ3) is 4.15. The number of benzene rings is 1. The summed E-state index contributed by atoms with van der Waals surface area (Å²) in [6.45, 7) is 8.82. The number of aliphatic hydroxyl groups excluding tert-OH is 1. The van der Waals surface area contributed by atoms with Crippen LogP contribution in [-0.4, -0.2) is 45.3 Å². The maximum atomic E-state index is 14.3. The molecule has 0 radical (unpaired) electrons. The number of hydrogen-bond donors (Lipinski definition) is 1. The van der Waals surface area contributed by atoms with Crippen molar-refractivity contribution in [1.82, 2.24) is 10.0 Å². The summed E-state index contributed by atoms with van der Waals surface area (Å²) in [5, 5.41) is 13.2. The number of halogens is 1. The Hall–Kier alpha value is -2.15. The predicted octanol–water partition coefficient (Wildman–Crippen LogP) is 3.33. The molecule has 0 aromatic heterocycles. The quantitative estimate of drug-likeness (QED) is 0.887. The molecule has 1 unspecified atom stereocenters. The second kappa shape index (κ2) is 7.61. The molecule has 2 rings (SSSR count). The molecule has 1 aromatic carbocycles. The molecule has 0 bridgehead atoms. The van der Waals surface area contributed by atoms with Crippen LogP contribution in [0.3, 0.4) is 0 Å². The number of amides is 2. The van der Waals surface area contributed by atoms with Gasteiger partial charge in [0.25, 0.3) is 0 Å². The van der Waals surface area contributed by atoms with Crippen molar-refractivity contribution >= 4 is 12.0 Å². The fourth-order valence-corrected chi connectivity index (χ4v) is 3.19. The third-order valence-electron chi connectivity index (χ3n) is 4.32. The Morgan fingerprint density at radius 3 is 2.65 bits per heavy atom. The molecule has 0 spiro atoms. The fraction of sp³-hybridized carbons (Fsp3) is 0.579. The van der Waals surface area contributed by atoms with Crippen molar-refractivity contribution in [3.63, 3.8) is 0 Å². The second-order valence-electron chi connectivity index (χ2n) is 7.46. The molecule has 1 fully saturated rings. The summed E-state index contributed by atoms with van der Waals surface area (Å²) in [6, 6.07) is 3.81. The molecule has 1 N–H and O–H groups in total. The van der Waals surface area contributed by atoms with Gasteiger partial charge in [0.1, 0.15) is 17.5 Å². The summed E-state index contributed by atoms with van der Waals surface area (Å²) in [7, 11) is 0. The van der Waals surface area contributed by atoms with E-state index in [0.717, 1.165) is 0 Å². The van der Waals surface area contributed by atoms with Crippen LogP contribution >= 0.6 is 0 Å². The Kier molecular flexibility index (Phi) is 5.91. The number of rotatable bonds is 4. The molecule has 1 aromatic rings. The van der Waals surface area contributed by atoms with E-state index in [4.69, 9.17) is 4.74 Å². The average molecular weight is 366 g/mol. The summed E-state index contributed by atoms with van der Waals surface area (Å²) < 4.78 is 19.6. The van der Waals surface area contributed by atoms with Crippen molar-refractivity contribution < 1.29 is 23.8 Å². The van der Waals surface area contributed by atoms with Gasteiger partial charge in [0.2, 0.25) is 5.91 Å². The molecule has 2 atom stereocenters. The van der Waals surface area contributed by atoms with E-state index in [0.29, 0.717) is 12.0 Å². The lowest BCUT2D eigenvalue weighted by atomic mass is 9.96. The first kappa shape index (κ1) is 20.2. The zero-order chi connectivity index (χ0) is 19.6. The molecule has 1 aliphatic heterocycles. The van der Waals surface area contributed by atoms with Gasteiger partial charge in [-0.05, 0) is 52.7 Å². The van der Waals surface area contributed by atoms with Crippen LogP contribution < -0.4 is 0 Å². The predicted molar refractivity (Wildman–Crippen MR) is 94.6 cm³/mol. The average Bonchev–Trinajstić information content (AvgIpc) is 2.88. The standard InChI is InChI=1S/C19H27FN2O4/c1-6-21(18(25)26-19(3,4)5)22-14(10-11-15(22)23)17(24)16-12(2)8-7-9-13(16)20/h7-9,14,17,24H,6,10-11H2,1-5H3/t14-,17?/m0/s1. The van der Waals surface area contributed by atoms with Gasteiger partial charge in [0.15, 0.2) is 0 Å². The smallest absolute Gasteiger partial charge is 0.429 e. The molecule has 6 nitrogen and oxygen atoms in total. The molecule has 0 saturated carbocycles. The highest BCUT2D eigenvalue weighted by atomic mass is 19.1. The van der Waals surface area contributed by atoms with Crippen molar-refractivity contribution in [2.45, 2.75) is 65.2 Å². The van der Waals surface area contributed by atoms with E-state index in [1.54, 1.807) is 46.8 Å². The fourth-order valence-electron chi connectivity index (χ4n) is 3.19. The number of hydrogen-bond acceptors (Lipinski definition) is 4. The molecule has 2 amide bonds. The van der Waals surface area contributed by atoms with Gasteiger partial charge in [0.05, 0.1) is 6.04 Å². The van der Waals surface area contributed by atoms with Gasteiger partial charge >= 0.3 is 6.09 Å². The Labute approximate surface area is 153 Å². The monoisotopic (exact) mass is 366 g/mol. The first-order chi connectivity index (χ1) is 12.1. The van der Waals surface area contributed by atoms with Gasteiger partial charge in [-0.25, -0.2) is 19.2 Å². The topological polar surface area (TPSA) is 70.1 Å². The zero-order valence-corrected chi connectivity index (χ0v) is 16.0. The highest BCUT2D eigenvalue weighted by Gasteiger charge is 2.43. The summed E-state index contributed by atoms with van der Waals surface area (Å²) in [4.78, 5) is 24.9. The molecular weight excluding hydrogens is 339 g/mol. The van der Waals surface area contributed by atoms with Crippen LogP contribution in [0.25, 0.3) is 0 Å². The minimum absolute atomic E-state index is 0.150. The Balaban J connectivity index is 2.33. The number of carbonyl (C=O) groups is 2. The third-order valence-corrected chi connectivity index (χ3v) is 4.32. The number of aryl methyl sites for hydroxylation is 1. The van der Waals surface area contributed by atoms with Crippen molar-refractivity contribution in [2.24, 2.45) is 0 Å². The summed E-state index contributed by atoms with van der Waals surface area (Å²) in [5.74, 6) is -0.826. The van der Waals surface area contributed by atoms with E-state index < -0.39 is 29.7 Å². The summed E-state index contributed by atoms with van der Waals surface area (Å²) in [6.07, 6.45) is -1.40. The van der Waals surface area contributed by atoms with E-state index in [9.17, 15) is 19.1 Å². The number of ether oxygens (including phenoxy) is 1. The molecule has 26 heavy (non-hydrogen) atoms. The van der Waals surface area contributed by atoms with Crippen molar-refractivity contribution in [3.8, 4) is 0 Å². The van der Waals surface area contributed by atoms with Gasteiger partial charge < -0.3 is 9.84 Å². The van der Waals surface area contributed by atoms with Gasteiger partial charge in [-0.15, -0.1) is 0 Å². The molecule has 0 aliphatic carbocycles. The van der Waals surface area contributed by atoms with Gasteiger partial charge in [-0.2, -0.15) is 0 Å². The minimum atomic E-state index is -1.24. The van der Waals surface area contributed by atoms with Crippen LogP contribution in [0.4, 0.5) is 9.18 Å². The van der Waals surface area contributed by atoms with Crippen LogP contribution in [0.5, 0.6) is 0 Å². The molecule has 1 heterocycles. The first-order valence-electron chi connectivity index (χ1n) is 8.82. The SMILES string of the molecule is CCN(C(=O)OC(C)(C)C)N1C(=O)CC[C@H]1C(O)c1c(C)cccc1F. The Bertz CT molecular complexity index is 666. The highest BCUT2D eigenvalue weighted by Crippen LogP contribution is 2.34. The Morgan fingerprint density at radius 1 is 1.46 bits per heavy atom. The van der Waals surface area contributed by atoms with E-state index in [1.807, 2.05) is 0 Å². The largest absolute Gasteiger partial charge is 0.442 e. The number of nitrogens with zero attached hydrogens (tertiary/aromatic N) is 2. The lowest BCUT2D eigenvalue weighted by Gasteiger charge is -2.38. The molecule has 1 saturated heterocycles. The molecular formula is C19H27FN2O4. The summed E-state index contributed by atoms with van der Waals surface area (Å²) >= 11 is 0. The van der Waals surface area contributed by atoms with Crippen molar-refractivity contribution in [2.75, 3.05) is 6.54 Å². The van der Waals surface area contributed by atoms with Crippen molar-refractivity contribution in [1.29, 1.82) is 0 Å². The lowest BCUT2D eigenvalue weighted by Crippen LogP contribution is -2.53. The molecule has 7 heteroatoms. The van der Waals surface area contributed by atoms with Gasteiger partial charge in [-0.1, -0.05) is 12.1 Å². The van der Waals surface area contributed by atoms with E-state index in [-0.39, 0.29) is 24.4 Å². The number of carbonyl (C=O) groups excluding carboxylic acids is 2. The number of hydrazine groups is 1. The van der Waals surface area contributed by atoms with Gasteiger partial charge in [-0.3, -0.25) is 4.79 Å². The maximum Gasteiger partial charge on any atom is 0.429 e. The van der Waals surface area contributed by atoms with Crippen molar-refractivity contribution in [3.05, 3.63) is 35.1 Å².